The van der Waals surface area contributed by atoms with Crippen molar-refractivity contribution in [3.05, 3.63) is 23.8 Å². The third-order valence-corrected chi connectivity index (χ3v) is 2.77. The van der Waals surface area contributed by atoms with Crippen molar-refractivity contribution in [2.75, 3.05) is 20.3 Å². The molecule has 0 spiro atoms. The Morgan fingerprint density at radius 3 is 3.00 bits per heavy atom. The summed E-state index contributed by atoms with van der Waals surface area (Å²) < 4.78 is 16.3. The van der Waals surface area contributed by atoms with E-state index in [1.807, 2.05) is 0 Å². The van der Waals surface area contributed by atoms with Crippen LogP contribution in [-0.4, -0.2) is 32.7 Å². The fraction of sp³-hybridized carbons (Fsp3) is 0.462. The Labute approximate surface area is 100 Å². The van der Waals surface area contributed by atoms with E-state index in [4.69, 9.17) is 14.2 Å². The minimum Gasteiger partial charge on any atom is -0.493 e. The molecule has 0 amide bonds. The van der Waals surface area contributed by atoms with Crippen LogP contribution in [0.4, 0.5) is 0 Å². The van der Waals surface area contributed by atoms with Gasteiger partial charge in [0, 0.05) is 12.2 Å². The molecule has 17 heavy (non-hydrogen) atoms. The minimum absolute atomic E-state index is 0.172. The first-order chi connectivity index (χ1) is 8.33. The van der Waals surface area contributed by atoms with Crippen LogP contribution in [0.15, 0.2) is 18.2 Å². The van der Waals surface area contributed by atoms with Gasteiger partial charge in [-0.3, -0.25) is 4.79 Å². The molecule has 1 aromatic carbocycles. The van der Waals surface area contributed by atoms with Gasteiger partial charge in [-0.1, -0.05) is 0 Å². The summed E-state index contributed by atoms with van der Waals surface area (Å²) in [5.41, 5.74) is 0.575. The SMILES string of the molecule is COc1cc(C=O)ccc1OC[C@@H]1CCCO1. The molecular weight excluding hydrogens is 220 g/mol. The molecule has 0 aliphatic carbocycles. The molecule has 1 aliphatic heterocycles. The second-order valence-electron chi connectivity index (χ2n) is 3.97. The summed E-state index contributed by atoms with van der Waals surface area (Å²) in [5, 5.41) is 0. The summed E-state index contributed by atoms with van der Waals surface area (Å²) >= 11 is 0. The molecule has 0 bridgehead atoms. The zero-order valence-corrected chi connectivity index (χ0v) is 9.85. The zero-order valence-electron chi connectivity index (χ0n) is 9.85. The van der Waals surface area contributed by atoms with Crippen molar-refractivity contribution in [1.29, 1.82) is 0 Å². The van der Waals surface area contributed by atoms with Crippen LogP contribution in [0, 0.1) is 0 Å². The topological polar surface area (TPSA) is 44.8 Å². The Morgan fingerprint density at radius 1 is 1.47 bits per heavy atom. The molecule has 1 atom stereocenters. The number of hydrogen-bond acceptors (Lipinski definition) is 4. The van der Waals surface area contributed by atoms with Crippen LogP contribution in [0.3, 0.4) is 0 Å². The Morgan fingerprint density at radius 2 is 2.35 bits per heavy atom. The third kappa shape index (κ3) is 2.97. The number of rotatable bonds is 5. The van der Waals surface area contributed by atoms with E-state index in [-0.39, 0.29) is 6.10 Å². The summed E-state index contributed by atoms with van der Waals surface area (Å²) in [4.78, 5) is 10.6. The van der Waals surface area contributed by atoms with Crippen molar-refractivity contribution in [1.82, 2.24) is 0 Å². The number of carbonyl (C=O) groups excluding carboxylic acids is 1. The summed E-state index contributed by atoms with van der Waals surface area (Å²) in [6.07, 6.45) is 3.08. The highest BCUT2D eigenvalue weighted by molar-refractivity contribution is 5.76. The zero-order chi connectivity index (χ0) is 12.1. The van der Waals surface area contributed by atoms with Crippen molar-refractivity contribution in [3.8, 4) is 11.5 Å². The van der Waals surface area contributed by atoms with Crippen LogP contribution < -0.4 is 9.47 Å². The van der Waals surface area contributed by atoms with Gasteiger partial charge in [-0.05, 0) is 31.0 Å². The van der Waals surface area contributed by atoms with Gasteiger partial charge in [0.1, 0.15) is 12.9 Å². The molecule has 1 fully saturated rings. The van der Waals surface area contributed by atoms with E-state index in [1.165, 1.54) is 0 Å². The predicted molar refractivity (Wildman–Crippen MR) is 62.9 cm³/mol. The quantitative estimate of drug-likeness (QED) is 0.734. The minimum atomic E-state index is 0.172. The van der Waals surface area contributed by atoms with E-state index in [2.05, 4.69) is 0 Å². The van der Waals surface area contributed by atoms with Gasteiger partial charge < -0.3 is 14.2 Å². The van der Waals surface area contributed by atoms with Crippen molar-refractivity contribution in [2.45, 2.75) is 18.9 Å². The maximum absolute atomic E-state index is 10.6. The fourth-order valence-electron chi connectivity index (χ4n) is 1.84. The summed E-state index contributed by atoms with van der Waals surface area (Å²) in [5.74, 6) is 1.22. The van der Waals surface area contributed by atoms with E-state index in [0.29, 0.717) is 23.7 Å². The van der Waals surface area contributed by atoms with Crippen molar-refractivity contribution in [2.24, 2.45) is 0 Å². The van der Waals surface area contributed by atoms with E-state index < -0.39 is 0 Å². The van der Waals surface area contributed by atoms with Crippen LogP contribution in [0.25, 0.3) is 0 Å². The first-order valence-corrected chi connectivity index (χ1v) is 5.71. The number of benzene rings is 1. The molecule has 1 aliphatic rings. The second-order valence-corrected chi connectivity index (χ2v) is 3.97. The van der Waals surface area contributed by atoms with Crippen LogP contribution in [0.1, 0.15) is 23.2 Å². The van der Waals surface area contributed by atoms with Gasteiger partial charge in [-0.2, -0.15) is 0 Å². The lowest BCUT2D eigenvalue weighted by Gasteiger charge is -2.14. The van der Waals surface area contributed by atoms with Gasteiger partial charge in [0.15, 0.2) is 11.5 Å². The first-order valence-electron chi connectivity index (χ1n) is 5.71. The van der Waals surface area contributed by atoms with E-state index in [0.717, 1.165) is 25.7 Å². The molecule has 0 unspecified atom stereocenters. The highest BCUT2D eigenvalue weighted by Gasteiger charge is 2.17. The number of methoxy groups -OCH3 is 1. The lowest BCUT2D eigenvalue weighted by molar-refractivity contribution is 0.0669. The average Bonchev–Trinajstić information content (AvgIpc) is 2.89. The largest absolute Gasteiger partial charge is 0.493 e. The molecule has 1 aromatic rings. The van der Waals surface area contributed by atoms with E-state index >= 15 is 0 Å². The molecule has 0 aromatic heterocycles. The number of aldehydes is 1. The Bertz CT molecular complexity index is 383. The van der Waals surface area contributed by atoms with Crippen LogP contribution >= 0.6 is 0 Å². The van der Waals surface area contributed by atoms with Gasteiger partial charge in [0.05, 0.1) is 13.2 Å². The predicted octanol–water partition coefficient (Wildman–Crippen LogP) is 2.07. The summed E-state index contributed by atoms with van der Waals surface area (Å²) in [6.45, 7) is 1.34. The maximum atomic E-state index is 10.6. The van der Waals surface area contributed by atoms with Crippen LogP contribution in [-0.2, 0) is 4.74 Å². The molecule has 1 heterocycles. The van der Waals surface area contributed by atoms with Gasteiger partial charge in [0.25, 0.3) is 0 Å². The molecule has 2 rings (SSSR count). The van der Waals surface area contributed by atoms with Gasteiger partial charge in [-0.25, -0.2) is 0 Å². The molecule has 4 heteroatoms. The van der Waals surface area contributed by atoms with E-state index in [9.17, 15) is 4.79 Å². The molecule has 92 valence electrons. The highest BCUT2D eigenvalue weighted by Crippen LogP contribution is 2.28. The lowest BCUT2D eigenvalue weighted by atomic mass is 10.2. The normalized spacial score (nSPS) is 19.0. The smallest absolute Gasteiger partial charge is 0.161 e. The molecular formula is C13H16O4. The van der Waals surface area contributed by atoms with Crippen LogP contribution in [0.5, 0.6) is 11.5 Å². The number of carbonyl (C=O) groups is 1. The van der Waals surface area contributed by atoms with Crippen molar-refractivity contribution >= 4 is 6.29 Å². The molecule has 0 N–H and O–H groups in total. The summed E-state index contributed by atoms with van der Waals surface area (Å²) in [7, 11) is 1.56. The Balaban J connectivity index is 2.01. The van der Waals surface area contributed by atoms with E-state index in [1.54, 1.807) is 25.3 Å². The summed E-state index contributed by atoms with van der Waals surface area (Å²) in [6, 6.07) is 5.12. The van der Waals surface area contributed by atoms with Gasteiger partial charge in [0.2, 0.25) is 0 Å². The van der Waals surface area contributed by atoms with Crippen molar-refractivity contribution < 1.29 is 19.0 Å². The number of hydrogen-bond donors (Lipinski definition) is 0. The first kappa shape index (κ1) is 11.9. The van der Waals surface area contributed by atoms with Crippen molar-refractivity contribution in [3.63, 3.8) is 0 Å². The lowest BCUT2D eigenvalue weighted by Crippen LogP contribution is -2.16. The van der Waals surface area contributed by atoms with Gasteiger partial charge in [-0.15, -0.1) is 0 Å². The molecule has 0 saturated carbocycles. The molecule has 4 nitrogen and oxygen atoms in total. The third-order valence-electron chi connectivity index (χ3n) is 2.77. The fourth-order valence-corrected chi connectivity index (χ4v) is 1.84. The number of ether oxygens (including phenoxy) is 3. The molecule has 1 saturated heterocycles. The van der Waals surface area contributed by atoms with Crippen LogP contribution in [0.2, 0.25) is 0 Å². The van der Waals surface area contributed by atoms with Gasteiger partial charge >= 0.3 is 0 Å². The highest BCUT2D eigenvalue weighted by atomic mass is 16.5. The standard InChI is InChI=1S/C13H16O4/c1-15-13-7-10(8-14)4-5-12(13)17-9-11-3-2-6-16-11/h4-5,7-8,11H,2-3,6,9H2,1H3/t11-/m0/s1. The Kier molecular flexibility index (Phi) is 3.98. The average molecular weight is 236 g/mol. The maximum Gasteiger partial charge on any atom is 0.161 e. The molecule has 0 radical (unpaired) electrons. The second kappa shape index (κ2) is 5.68. The Hall–Kier alpha value is -1.55. The monoisotopic (exact) mass is 236 g/mol.